The predicted molar refractivity (Wildman–Crippen MR) is 173 cm³/mol. The molecule has 1 atom stereocenters. The van der Waals surface area contributed by atoms with Crippen molar-refractivity contribution in [1.82, 2.24) is 14.7 Å². The number of unbranched alkanes of at least 4 members (excludes halogenated alkanes) is 2. The molecule has 43 heavy (non-hydrogen) atoms. The lowest BCUT2D eigenvalue weighted by molar-refractivity contribution is -0.130. The Morgan fingerprint density at radius 3 is 2.23 bits per heavy atom. The van der Waals surface area contributed by atoms with Crippen LogP contribution in [0.3, 0.4) is 0 Å². The van der Waals surface area contributed by atoms with Crippen LogP contribution in [0.1, 0.15) is 65.7 Å². The van der Waals surface area contributed by atoms with Crippen molar-refractivity contribution in [2.45, 2.75) is 77.4 Å². The number of anilines is 1. The minimum atomic E-state index is -0.454. The van der Waals surface area contributed by atoms with Crippen molar-refractivity contribution >= 4 is 17.7 Å². The van der Waals surface area contributed by atoms with Gasteiger partial charge in [0.2, 0.25) is 5.91 Å². The highest BCUT2D eigenvalue weighted by atomic mass is 16.6. The number of nitrogens with zero attached hydrogens (tertiary/aromatic N) is 3. The molecule has 0 aliphatic carbocycles. The smallest absolute Gasteiger partial charge is 0.412 e. The van der Waals surface area contributed by atoms with Crippen molar-refractivity contribution in [3.05, 3.63) is 54.6 Å². The van der Waals surface area contributed by atoms with E-state index in [1.807, 2.05) is 59.5 Å². The minimum absolute atomic E-state index is 0.192. The molecule has 0 bridgehead atoms. The third-order valence-corrected chi connectivity index (χ3v) is 8.96. The third kappa shape index (κ3) is 10.3. The Morgan fingerprint density at radius 1 is 0.907 bits per heavy atom. The van der Waals surface area contributed by atoms with E-state index in [4.69, 9.17) is 9.47 Å². The lowest BCUT2D eigenvalue weighted by Crippen LogP contribution is -2.46. The molecule has 2 fully saturated rings. The van der Waals surface area contributed by atoms with Crippen LogP contribution in [-0.2, 0) is 14.3 Å². The molecular weight excluding hydrogens is 540 g/mol. The molecule has 2 aromatic rings. The van der Waals surface area contributed by atoms with Crippen LogP contribution in [-0.4, -0.2) is 97.4 Å². The van der Waals surface area contributed by atoms with Crippen LogP contribution in [0.15, 0.2) is 54.6 Å². The zero-order chi connectivity index (χ0) is 30.5. The van der Waals surface area contributed by atoms with E-state index in [1.54, 1.807) is 6.92 Å². The second-order valence-corrected chi connectivity index (χ2v) is 12.3. The monoisotopic (exact) mass is 592 g/mol. The summed E-state index contributed by atoms with van der Waals surface area (Å²) in [6.45, 7) is 14.4. The number of benzene rings is 2. The molecule has 2 amide bonds. The Kier molecular flexibility index (Phi) is 12.9. The van der Waals surface area contributed by atoms with Gasteiger partial charge in [0.1, 0.15) is 5.60 Å². The number of likely N-dealkylation sites (tertiary alicyclic amines) is 2. The van der Waals surface area contributed by atoms with Gasteiger partial charge in [-0.3, -0.25) is 10.1 Å². The molecule has 2 aliphatic rings. The molecule has 0 radical (unpaired) electrons. The van der Waals surface area contributed by atoms with Crippen molar-refractivity contribution in [3.63, 3.8) is 0 Å². The molecule has 2 aliphatic heterocycles. The maximum atomic E-state index is 12.9. The molecular formula is C35H52N4O4. The van der Waals surface area contributed by atoms with Gasteiger partial charge in [-0.2, -0.15) is 0 Å². The van der Waals surface area contributed by atoms with E-state index in [2.05, 4.69) is 29.0 Å². The number of hydrogen-bond acceptors (Lipinski definition) is 6. The Labute approximate surface area is 258 Å². The van der Waals surface area contributed by atoms with Crippen molar-refractivity contribution < 1.29 is 19.1 Å². The number of likely N-dealkylation sites (N-methyl/N-ethyl adjacent to an activating group) is 1. The number of amides is 2. The summed E-state index contributed by atoms with van der Waals surface area (Å²) in [4.78, 5) is 31.6. The summed E-state index contributed by atoms with van der Waals surface area (Å²) in [6.07, 6.45) is 6.78. The van der Waals surface area contributed by atoms with Crippen LogP contribution in [0.5, 0.6) is 0 Å². The first-order valence-corrected chi connectivity index (χ1v) is 16.3. The van der Waals surface area contributed by atoms with E-state index >= 15 is 0 Å². The van der Waals surface area contributed by atoms with Gasteiger partial charge in [-0.1, -0.05) is 48.5 Å². The van der Waals surface area contributed by atoms with E-state index in [0.717, 1.165) is 121 Å². The number of carbonyl (C=O) groups is 2. The van der Waals surface area contributed by atoms with Crippen LogP contribution >= 0.6 is 0 Å². The molecule has 8 heteroatoms. The van der Waals surface area contributed by atoms with Gasteiger partial charge in [-0.25, -0.2) is 4.79 Å². The summed E-state index contributed by atoms with van der Waals surface area (Å²) in [5.41, 5.74) is 2.35. The molecule has 2 aromatic carbocycles. The van der Waals surface area contributed by atoms with Crippen LogP contribution in [0.2, 0.25) is 0 Å². The lowest BCUT2D eigenvalue weighted by atomic mass is 9.93. The fourth-order valence-corrected chi connectivity index (χ4v) is 6.36. The Bertz CT molecular complexity index is 1140. The number of hydrogen-bond donors (Lipinski definition) is 1. The fraction of sp³-hybridized carbons (Fsp3) is 0.600. The molecule has 0 spiro atoms. The average Bonchev–Trinajstić information content (AvgIpc) is 3.46. The van der Waals surface area contributed by atoms with E-state index < -0.39 is 11.7 Å². The number of para-hydroxylation sites is 1. The van der Waals surface area contributed by atoms with Crippen molar-refractivity contribution in [1.29, 1.82) is 0 Å². The topological polar surface area (TPSA) is 74.3 Å². The number of ether oxygens (including phenoxy) is 2. The van der Waals surface area contributed by atoms with Gasteiger partial charge in [0, 0.05) is 64.5 Å². The Morgan fingerprint density at radius 2 is 1.56 bits per heavy atom. The summed E-state index contributed by atoms with van der Waals surface area (Å²) < 4.78 is 11.9. The normalized spacial score (nSPS) is 18.8. The third-order valence-electron chi connectivity index (χ3n) is 8.96. The summed E-state index contributed by atoms with van der Waals surface area (Å²) in [5.74, 6) is 0.192. The van der Waals surface area contributed by atoms with Crippen molar-refractivity contribution in [2.24, 2.45) is 0 Å². The zero-order valence-electron chi connectivity index (χ0n) is 26.6. The maximum Gasteiger partial charge on any atom is 0.412 e. The van der Waals surface area contributed by atoms with Crippen LogP contribution in [0.25, 0.3) is 11.1 Å². The molecule has 236 valence electrons. The SMILES string of the molecule is CCN(C(C)=O)C1CCN(CCCCOCCCCN2CCC(C)(OC(=O)Nc3ccccc3-c3ccccc3)CC2)C1. The number of nitrogens with one attached hydrogen (secondary N) is 1. The van der Waals surface area contributed by atoms with Gasteiger partial charge in [0.25, 0.3) is 0 Å². The molecule has 1 unspecified atom stereocenters. The molecule has 2 heterocycles. The maximum absolute atomic E-state index is 12.9. The van der Waals surface area contributed by atoms with Gasteiger partial charge in [0.15, 0.2) is 0 Å². The van der Waals surface area contributed by atoms with Gasteiger partial charge >= 0.3 is 6.09 Å². The largest absolute Gasteiger partial charge is 0.443 e. The van der Waals surface area contributed by atoms with Crippen LogP contribution in [0.4, 0.5) is 10.5 Å². The van der Waals surface area contributed by atoms with Crippen LogP contribution < -0.4 is 5.32 Å². The molecule has 0 aromatic heterocycles. The quantitative estimate of drug-likeness (QED) is 0.246. The first kappa shape index (κ1) is 33.0. The van der Waals surface area contributed by atoms with E-state index in [9.17, 15) is 9.59 Å². The van der Waals surface area contributed by atoms with Gasteiger partial charge < -0.3 is 24.2 Å². The van der Waals surface area contributed by atoms with Crippen molar-refractivity contribution in [2.75, 3.05) is 64.3 Å². The summed E-state index contributed by atoms with van der Waals surface area (Å²) in [6, 6.07) is 18.3. The highest BCUT2D eigenvalue weighted by Gasteiger charge is 2.34. The van der Waals surface area contributed by atoms with Crippen molar-refractivity contribution in [3.8, 4) is 11.1 Å². The minimum Gasteiger partial charge on any atom is -0.443 e. The number of carbonyl (C=O) groups excluding carboxylic acids is 2. The highest BCUT2D eigenvalue weighted by Crippen LogP contribution is 2.30. The summed E-state index contributed by atoms with van der Waals surface area (Å²) >= 11 is 0. The number of piperidine rings is 1. The lowest BCUT2D eigenvalue weighted by Gasteiger charge is -2.38. The fourth-order valence-electron chi connectivity index (χ4n) is 6.36. The molecule has 2 saturated heterocycles. The van der Waals surface area contributed by atoms with E-state index in [0.29, 0.717) is 6.04 Å². The first-order chi connectivity index (χ1) is 20.9. The van der Waals surface area contributed by atoms with Gasteiger partial charge in [-0.15, -0.1) is 0 Å². The molecule has 1 N–H and O–H groups in total. The predicted octanol–water partition coefficient (Wildman–Crippen LogP) is 6.28. The molecule has 8 nitrogen and oxygen atoms in total. The summed E-state index contributed by atoms with van der Waals surface area (Å²) in [7, 11) is 0. The van der Waals surface area contributed by atoms with Crippen LogP contribution in [0, 0.1) is 0 Å². The van der Waals surface area contributed by atoms with Gasteiger partial charge in [0.05, 0.1) is 5.69 Å². The Hall–Kier alpha value is -2.94. The second kappa shape index (κ2) is 16.8. The Balaban J connectivity index is 1.03. The van der Waals surface area contributed by atoms with Gasteiger partial charge in [-0.05, 0) is 83.5 Å². The average molecular weight is 593 g/mol. The highest BCUT2D eigenvalue weighted by molar-refractivity contribution is 5.91. The number of rotatable bonds is 15. The second-order valence-electron chi connectivity index (χ2n) is 12.3. The van der Waals surface area contributed by atoms with E-state index in [-0.39, 0.29) is 5.91 Å². The standard InChI is InChI=1S/C35H52N4O4/c1-4-39(29(2)40)31-18-23-38(28-31)22-11-13-27-42-26-12-10-21-37-24-19-35(3,20-25-37)43-34(41)36-33-17-9-8-16-32(33)30-14-6-5-7-15-30/h5-9,14-17,31H,4,10-13,18-28H2,1-3H3,(H,36,41). The first-order valence-electron chi connectivity index (χ1n) is 16.3. The molecule has 0 saturated carbocycles. The molecule has 4 rings (SSSR count). The van der Waals surface area contributed by atoms with E-state index in [1.165, 1.54) is 0 Å². The summed E-state index contributed by atoms with van der Waals surface area (Å²) in [5, 5.41) is 2.98. The zero-order valence-corrected chi connectivity index (χ0v) is 26.6.